The average Bonchev–Trinajstić information content (AvgIpc) is 3.13. The highest BCUT2D eigenvalue weighted by Gasteiger charge is 2.38. The van der Waals surface area contributed by atoms with Gasteiger partial charge in [0.25, 0.3) is 0 Å². The molecule has 0 bridgehead atoms. The highest BCUT2D eigenvalue weighted by atomic mass is 16.5. The number of rotatable bonds is 6. The minimum atomic E-state index is -0.978. The van der Waals surface area contributed by atoms with E-state index >= 15 is 0 Å². The zero-order chi connectivity index (χ0) is 25.2. The number of alkyl carbamates (subject to hydrolysis) is 1. The van der Waals surface area contributed by atoms with Crippen LogP contribution in [0.2, 0.25) is 0 Å². The summed E-state index contributed by atoms with van der Waals surface area (Å²) in [5.74, 6) is -1.33. The monoisotopic (exact) mass is 480 g/mol. The Kier molecular flexibility index (Phi) is 7.12. The first-order valence-corrected chi connectivity index (χ1v) is 11.9. The molecule has 1 saturated heterocycles. The van der Waals surface area contributed by atoms with E-state index < -0.39 is 29.6 Å². The van der Waals surface area contributed by atoms with Crippen molar-refractivity contribution in [1.29, 1.82) is 0 Å². The number of fused-ring (bicyclic) bond motifs is 3. The van der Waals surface area contributed by atoms with E-state index in [-0.39, 0.29) is 38.0 Å². The number of carbonyl (C=O) groups is 3. The molecule has 4 rings (SSSR count). The quantitative estimate of drug-likeness (QED) is 0.654. The minimum absolute atomic E-state index is 0.0760. The first-order valence-electron chi connectivity index (χ1n) is 11.9. The van der Waals surface area contributed by atoms with Gasteiger partial charge in [-0.1, -0.05) is 69.3 Å². The molecule has 1 unspecified atom stereocenters. The Bertz CT molecular complexity index is 1060. The van der Waals surface area contributed by atoms with Crippen LogP contribution in [-0.2, 0) is 19.1 Å². The molecule has 1 aliphatic carbocycles. The van der Waals surface area contributed by atoms with Gasteiger partial charge in [-0.2, -0.15) is 0 Å². The second-order valence-electron chi connectivity index (χ2n) is 10.1. The molecule has 186 valence electrons. The average molecular weight is 481 g/mol. The van der Waals surface area contributed by atoms with E-state index in [1.54, 1.807) is 4.90 Å². The highest BCUT2D eigenvalue weighted by Crippen LogP contribution is 2.44. The van der Waals surface area contributed by atoms with Gasteiger partial charge in [-0.15, -0.1) is 0 Å². The van der Waals surface area contributed by atoms with Crippen molar-refractivity contribution in [1.82, 2.24) is 10.2 Å². The number of hydrogen-bond donors (Lipinski definition) is 2. The first-order chi connectivity index (χ1) is 16.6. The lowest BCUT2D eigenvalue weighted by atomic mass is 9.85. The van der Waals surface area contributed by atoms with E-state index in [0.717, 1.165) is 22.3 Å². The number of nitrogens with one attached hydrogen (secondary N) is 1. The van der Waals surface area contributed by atoms with Gasteiger partial charge in [-0.3, -0.25) is 9.59 Å². The minimum Gasteiger partial charge on any atom is -0.481 e. The van der Waals surface area contributed by atoms with Crippen molar-refractivity contribution < 1.29 is 29.0 Å². The lowest BCUT2D eigenvalue weighted by Crippen LogP contribution is -2.58. The Balaban J connectivity index is 1.43. The number of aliphatic carboxylic acids is 1. The predicted molar refractivity (Wildman–Crippen MR) is 130 cm³/mol. The summed E-state index contributed by atoms with van der Waals surface area (Å²) in [6.07, 6.45) is -1.40. The fraction of sp³-hybridized carbons (Fsp3) is 0.444. The number of carbonyl (C=O) groups excluding carboxylic acids is 2. The van der Waals surface area contributed by atoms with Crippen molar-refractivity contribution in [2.24, 2.45) is 5.41 Å². The summed E-state index contributed by atoms with van der Waals surface area (Å²) in [7, 11) is 0. The van der Waals surface area contributed by atoms with Crippen LogP contribution in [-0.4, -0.2) is 66.4 Å². The van der Waals surface area contributed by atoms with Crippen LogP contribution in [0, 0.1) is 5.41 Å². The fourth-order valence-electron chi connectivity index (χ4n) is 4.83. The lowest BCUT2D eigenvalue weighted by Gasteiger charge is -2.38. The lowest BCUT2D eigenvalue weighted by molar-refractivity contribution is -0.150. The maximum atomic E-state index is 13.4. The zero-order valence-electron chi connectivity index (χ0n) is 20.3. The van der Waals surface area contributed by atoms with Crippen LogP contribution < -0.4 is 5.32 Å². The van der Waals surface area contributed by atoms with Gasteiger partial charge < -0.3 is 24.8 Å². The third kappa shape index (κ3) is 5.48. The van der Waals surface area contributed by atoms with Crippen molar-refractivity contribution in [3.05, 3.63) is 59.7 Å². The van der Waals surface area contributed by atoms with Crippen LogP contribution in [0.3, 0.4) is 0 Å². The van der Waals surface area contributed by atoms with Crippen LogP contribution in [0.1, 0.15) is 44.2 Å². The second kappa shape index (κ2) is 10.1. The summed E-state index contributed by atoms with van der Waals surface area (Å²) in [4.78, 5) is 38.9. The molecule has 2 amide bonds. The maximum absolute atomic E-state index is 13.4. The number of morpholine rings is 1. The Labute approximate surface area is 205 Å². The second-order valence-corrected chi connectivity index (χ2v) is 10.1. The number of amides is 2. The molecule has 1 fully saturated rings. The molecule has 2 N–H and O–H groups in total. The molecule has 2 aliphatic rings. The molecule has 1 aliphatic heterocycles. The largest absolute Gasteiger partial charge is 0.481 e. The number of hydrogen-bond acceptors (Lipinski definition) is 5. The van der Waals surface area contributed by atoms with Gasteiger partial charge >= 0.3 is 12.1 Å². The molecular weight excluding hydrogens is 448 g/mol. The summed E-state index contributed by atoms with van der Waals surface area (Å²) in [5, 5.41) is 11.8. The van der Waals surface area contributed by atoms with Crippen molar-refractivity contribution in [3.8, 4) is 11.1 Å². The number of carboxylic acids is 1. The summed E-state index contributed by atoms with van der Waals surface area (Å²) in [5.41, 5.74) is 3.93. The van der Waals surface area contributed by atoms with E-state index in [9.17, 15) is 14.4 Å². The molecule has 2 atom stereocenters. The molecule has 8 nitrogen and oxygen atoms in total. The first kappa shape index (κ1) is 24.7. The molecule has 0 aromatic heterocycles. The van der Waals surface area contributed by atoms with Crippen LogP contribution in [0.5, 0.6) is 0 Å². The number of ether oxygens (including phenoxy) is 2. The summed E-state index contributed by atoms with van der Waals surface area (Å²) < 4.78 is 11.1. The Hall–Kier alpha value is -3.39. The molecule has 0 radical (unpaired) electrons. The number of carboxylic acid groups (broad SMARTS) is 1. The van der Waals surface area contributed by atoms with E-state index in [1.165, 1.54) is 0 Å². The summed E-state index contributed by atoms with van der Waals surface area (Å²) in [6, 6.07) is 15.4. The maximum Gasteiger partial charge on any atom is 0.407 e. The normalized spacial score (nSPS) is 18.4. The molecule has 2 aromatic carbocycles. The molecule has 0 spiro atoms. The van der Waals surface area contributed by atoms with Crippen LogP contribution in [0.25, 0.3) is 11.1 Å². The molecule has 8 heteroatoms. The van der Waals surface area contributed by atoms with Gasteiger partial charge in [0.1, 0.15) is 12.6 Å². The van der Waals surface area contributed by atoms with Gasteiger partial charge in [0.2, 0.25) is 5.91 Å². The van der Waals surface area contributed by atoms with E-state index in [0.29, 0.717) is 6.54 Å². The van der Waals surface area contributed by atoms with Crippen molar-refractivity contribution in [2.75, 3.05) is 26.3 Å². The Morgan fingerprint density at radius 2 is 1.69 bits per heavy atom. The van der Waals surface area contributed by atoms with E-state index in [2.05, 4.69) is 29.6 Å². The zero-order valence-corrected chi connectivity index (χ0v) is 20.3. The number of nitrogens with zero attached hydrogens (tertiary/aromatic N) is 1. The van der Waals surface area contributed by atoms with Gasteiger partial charge in [-0.05, 0) is 27.7 Å². The summed E-state index contributed by atoms with van der Waals surface area (Å²) >= 11 is 0. The van der Waals surface area contributed by atoms with Crippen LogP contribution >= 0.6 is 0 Å². The van der Waals surface area contributed by atoms with Crippen molar-refractivity contribution in [3.63, 3.8) is 0 Å². The van der Waals surface area contributed by atoms with Crippen molar-refractivity contribution >= 4 is 18.0 Å². The van der Waals surface area contributed by atoms with Gasteiger partial charge in [0.15, 0.2) is 0 Å². The fourth-order valence-corrected chi connectivity index (χ4v) is 4.83. The van der Waals surface area contributed by atoms with Crippen LogP contribution in [0.4, 0.5) is 4.79 Å². The molecular formula is C27H32N2O6. The molecule has 0 saturated carbocycles. The SMILES string of the molecule is CC(C)(C)[C@@H](NC(=O)OCC1c2ccccc2-c2ccccc21)C(=O)N1CCOC(CC(=O)O)C1. The van der Waals surface area contributed by atoms with Crippen LogP contribution in [0.15, 0.2) is 48.5 Å². The van der Waals surface area contributed by atoms with Gasteiger partial charge in [-0.25, -0.2) is 4.79 Å². The number of benzene rings is 2. The van der Waals surface area contributed by atoms with Crippen molar-refractivity contribution in [2.45, 2.75) is 45.3 Å². The molecule has 1 heterocycles. The summed E-state index contributed by atoms with van der Waals surface area (Å²) in [6.45, 7) is 6.53. The van der Waals surface area contributed by atoms with Gasteiger partial charge in [0, 0.05) is 19.0 Å². The smallest absolute Gasteiger partial charge is 0.407 e. The van der Waals surface area contributed by atoms with Gasteiger partial charge in [0.05, 0.1) is 19.1 Å². The van der Waals surface area contributed by atoms with E-state index in [1.807, 2.05) is 45.0 Å². The standard InChI is InChI=1S/C27H32N2O6/c1-27(2,3)24(25(32)29-12-13-34-17(15-29)14-23(30)31)28-26(33)35-16-22-20-10-6-4-8-18(20)19-9-5-7-11-21(19)22/h4-11,17,22,24H,12-16H2,1-3H3,(H,28,33)(H,30,31)/t17?,24-/m0/s1. The predicted octanol–water partition coefficient (Wildman–Crippen LogP) is 3.64. The highest BCUT2D eigenvalue weighted by molar-refractivity contribution is 5.87. The topological polar surface area (TPSA) is 105 Å². The molecule has 2 aromatic rings. The van der Waals surface area contributed by atoms with E-state index in [4.69, 9.17) is 14.6 Å². The Morgan fingerprint density at radius 3 is 2.26 bits per heavy atom. The third-order valence-electron chi connectivity index (χ3n) is 6.57. The third-order valence-corrected chi connectivity index (χ3v) is 6.57. The Morgan fingerprint density at radius 1 is 1.09 bits per heavy atom. The molecule has 35 heavy (non-hydrogen) atoms.